The van der Waals surface area contributed by atoms with Crippen LogP contribution in [0.3, 0.4) is 0 Å². The molecule has 5 nitrogen and oxygen atoms in total. The second-order valence-corrected chi connectivity index (χ2v) is 5.18. The summed E-state index contributed by atoms with van der Waals surface area (Å²) in [5, 5.41) is 2.94. The fraction of sp³-hybridized carbons (Fsp3) is 0.333. The number of hydrogen-bond acceptors (Lipinski definition) is 3. The van der Waals surface area contributed by atoms with Gasteiger partial charge < -0.3 is 15.0 Å². The van der Waals surface area contributed by atoms with Crippen molar-refractivity contribution in [3.63, 3.8) is 0 Å². The van der Waals surface area contributed by atoms with Crippen molar-refractivity contribution < 1.29 is 9.53 Å². The number of likely N-dealkylation sites (N-methyl/N-ethyl adjacent to an activating group) is 1. The molecule has 1 heterocycles. The summed E-state index contributed by atoms with van der Waals surface area (Å²) in [5.41, 5.74) is 2.20. The molecule has 0 aliphatic heterocycles. The first-order valence-electron chi connectivity index (χ1n) is 7.78. The summed E-state index contributed by atoms with van der Waals surface area (Å²) in [5.74, 6) is 0.549. The minimum Gasteiger partial charge on any atom is -0.481 e. The summed E-state index contributed by atoms with van der Waals surface area (Å²) in [6.45, 7) is 3.82. The third-order valence-electron chi connectivity index (χ3n) is 3.63. The monoisotopic (exact) mass is 313 g/mol. The van der Waals surface area contributed by atoms with Gasteiger partial charge in [-0.3, -0.25) is 0 Å². The molecule has 0 unspecified atom stereocenters. The minimum atomic E-state index is -0.0563. The van der Waals surface area contributed by atoms with Crippen LogP contribution < -0.4 is 10.1 Å². The first kappa shape index (κ1) is 16.8. The van der Waals surface area contributed by atoms with E-state index in [1.807, 2.05) is 42.2 Å². The molecule has 5 heteroatoms. The number of amides is 2. The summed E-state index contributed by atoms with van der Waals surface area (Å²) in [4.78, 5) is 18.2. The number of nitrogens with zero attached hydrogens (tertiary/aromatic N) is 2. The Hall–Kier alpha value is -2.56. The zero-order chi connectivity index (χ0) is 16.5. The van der Waals surface area contributed by atoms with Gasteiger partial charge >= 0.3 is 6.03 Å². The number of urea groups is 1. The maximum absolute atomic E-state index is 12.3. The molecule has 0 spiro atoms. The molecule has 0 saturated carbocycles. The molecule has 0 bridgehead atoms. The molecule has 23 heavy (non-hydrogen) atoms. The molecule has 0 atom stereocenters. The molecule has 2 rings (SSSR count). The molecule has 1 N–H and O–H groups in total. The fourth-order valence-corrected chi connectivity index (χ4v) is 2.27. The van der Waals surface area contributed by atoms with Crippen molar-refractivity contribution in [3.8, 4) is 5.88 Å². The van der Waals surface area contributed by atoms with Crippen molar-refractivity contribution in [3.05, 3.63) is 59.8 Å². The molecule has 1 aromatic heterocycles. The first-order chi connectivity index (χ1) is 11.2. The number of aromatic nitrogens is 1. The van der Waals surface area contributed by atoms with Crippen LogP contribution in [0.5, 0.6) is 5.88 Å². The number of carbonyl (C=O) groups excluding carboxylic acids is 1. The Labute approximate surface area is 137 Å². The number of benzene rings is 1. The average Bonchev–Trinajstić information content (AvgIpc) is 2.61. The van der Waals surface area contributed by atoms with Gasteiger partial charge in [-0.2, -0.15) is 0 Å². The van der Waals surface area contributed by atoms with Crippen LogP contribution in [-0.2, 0) is 13.0 Å². The molecule has 0 saturated heterocycles. The number of pyridine rings is 1. The minimum absolute atomic E-state index is 0.0563. The van der Waals surface area contributed by atoms with E-state index in [1.165, 1.54) is 5.56 Å². The van der Waals surface area contributed by atoms with Gasteiger partial charge in [-0.15, -0.1) is 0 Å². The van der Waals surface area contributed by atoms with Gasteiger partial charge in [0.25, 0.3) is 0 Å². The van der Waals surface area contributed by atoms with E-state index >= 15 is 0 Å². The zero-order valence-electron chi connectivity index (χ0n) is 13.7. The summed E-state index contributed by atoms with van der Waals surface area (Å²) in [6.07, 6.45) is 2.53. The highest BCUT2D eigenvalue weighted by atomic mass is 16.5. The number of methoxy groups -OCH3 is 1. The van der Waals surface area contributed by atoms with E-state index in [4.69, 9.17) is 4.74 Å². The van der Waals surface area contributed by atoms with E-state index in [1.54, 1.807) is 13.3 Å². The smallest absolute Gasteiger partial charge is 0.317 e. The number of hydrogen-bond donors (Lipinski definition) is 1. The van der Waals surface area contributed by atoms with E-state index in [-0.39, 0.29) is 6.03 Å². The average molecular weight is 313 g/mol. The van der Waals surface area contributed by atoms with Gasteiger partial charge in [0.1, 0.15) is 0 Å². The Balaban J connectivity index is 1.84. The van der Waals surface area contributed by atoms with Crippen LogP contribution in [0.2, 0.25) is 0 Å². The number of rotatable bonds is 7. The molecular weight excluding hydrogens is 290 g/mol. The fourth-order valence-electron chi connectivity index (χ4n) is 2.27. The van der Waals surface area contributed by atoms with Crippen LogP contribution in [-0.4, -0.2) is 36.1 Å². The third-order valence-corrected chi connectivity index (χ3v) is 3.63. The van der Waals surface area contributed by atoms with Gasteiger partial charge in [-0.1, -0.05) is 30.3 Å². The summed E-state index contributed by atoms with van der Waals surface area (Å²) in [6, 6.07) is 13.8. The van der Waals surface area contributed by atoms with Crippen LogP contribution in [0.15, 0.2) is 48.7 Å². The highest BCUT2D eigenvalue weighted by Gasteiger charge is 2.11. The van der Waals surface area contributed by atoms with Crippen LogP contribution >= 0.6 is 0 Å². The van der Waals surface area contributed by atoms with Gasteiger partial charge in [0.2, 0.25) is 5.88 Å². The van der Waals surface area contributed by atoms with Gasteiger partial charge in [0, 0.05) is 31.9 Å². The molecule has 0 aliphatic rings. The summed E-state index contributed by atoms with van der Waals surface area (Å²) in [7, 11) is 1.58. The lowest BCUT2D eigenvalue weighted by Gasteiger charge is -2.21. The van der Waals surface area contributed by atoms with E-state index in [0.717, 1.165) is 12.0 Å². The maximum Gasteiger partial charge on any atom is 0.317 e. The topological polar surface area (TPSA) is 54.5 Å². The van der Waals surface area contributed by atoms with Crippen molar-refractivity contribution in [1.82, 2.24) is 15.2 Å². The molecule has 122 valence electrons. The van der Waals surface area contributed by atoms with Crippen molar-refractivity contribution in [2.24, 2.45) is 0 Å². The molecule has 0 fully saturated rings. The SMILES string of the molecule is CCN(CCc1ccccc1)C(=O)NCc1ccnc(OC)c1. The van der Waals surface area contributed by atoms with E-state index in [9.17, 15) is 4.79 Å². The second kappa shape index (κ2) is 8.78. The molecule has 0 radical (unpaired) electrons. The second-order valence-electron chi connectivity index (χ2n) is 5.18. The Morgan fingerprint density at radius 3 is 2.70 bits per heavy atom. The van der Waals surface area contributed by atoms with Crippen molar-refractivity contribution >= 4 is 6.03 Å². The zero-order valence-corrected chi connectivity index (χ0v) is 13.7. The highest BCUT2D eigenvalue weighted by molar-refractivity contribution is 5.74. The Morgan fingerprint density at radius 1 is 1.22 bits per heavy atom. The third kappa shape index (κ3) is 5.29. The van der Waals surface area contributed by atoms with Crippen LogP contribution in [0, 0.1) is 0 Å². The number of ether oxygens (including phenoxy) is 1. The quantitative estimate of drug-likeness (QED) is 0.855. The normalized spacial score (nSPS) is 10.2. The lowest BCUT2D eigenvalue weighted by molar-refractivity contribution is 0.200. The van der Waals surface area contributed by atoms with Gasteiger partial charge in [-0.05, 0) is 30.5 Å². The van der Waals surface area contributed by atoms with E-state index < -0.39 is 0 Å². The highest BCUT2D eigenvalue weighted by Crippen LogP contribution is 2.08. The lowest BCUT2D eigenvalue weighted by atomic mass is 10.1. The number of carbonyl (C=O) groups is 1. The predicted molar refractivity (Wildman–Crippen MR) is 90.4 cm³/mol. The lowest BCUT2D eigenvalue weighted by Crippen LogP contribution is -2.40. The molecule has 1 aromatic carbocycles. The Morgan fingerprint density at radius 2 is 2.00 bits per heavy atom. The van der Waals surface area contributed by atoms with Crippen LogP contribution in [0.4, 0.5) is 4.79 Å². The molecule has 2 amide bonds. The molecular formula is C18H23N3O2. The first-order valence-corrected chi connectivity index (χ1v) is 7.78. The van der Waals surface area contributed by atoms with Crippen molar-refractivity contribution in [1.29, 1.82) is 0 Å². The summed E-state index contributed by atoms with van der Waals surface area (Å²) >= 11 is 0. The van der Waals surface area contributed by atoms with Crippen LogP contribution in [0.25, 0.3) is 0 Å². The standard InChI is InChI=1S/C18H23N3O2/c1-3-21(12-10-15-7-5-4-6-8-15)18(22)20-14-16-9-11-19-17(13-16)23-2/h4-9,11,13H,3,10,12,14H2,1-2H3,(H,20,22). The van der Waals surface area contributed by atoms with E-state index in [0.29, 0.717) is 25.5 Å². The predicted octanol–water partition coefficient (Wildman–Crippen LogP) is 2.86. The largest absolute Gasteiger partial charge is 0.481 e. The van der Waals surface area contributed by atoms with Crippen molar-refractivity contribution in [2.75, 3.05) is 20.2 Å². The van der Waals surface area contributed by atoms with E-state index in [2.05, 4.69) is 22.4 Å². The van der Waals surface area contributed by atoms with Gasteiger partial charge in [-0.25, -0.2) is 9.78 Å². The maximum atomic E-state index is 12.3. The summed E-state index contributed by atoms with van der Waals surface area (Å²) < 4.78 is 5.08. The molecule has 2 aromatic rings. The Bertz CT molecular complexity index is 617. The molecule has 0 aliphatic carbocycles. The van der Waals surface area contributed by atoms with Crippen molar-refractivity contribution in [2.45, 2.75) is 19.9 Å². The van der Waals surface area contributed by atoms with Gasteiger partial charge in [0.15, 0.2) is 0 Å². The van der Waals surface area contributed by atoms with Gasteiger partial charge in [0.05, 0.1) is 7.11 Å². The number of nitrogens with one attached hydrogen (secondary N) is 1. The Kier molecular flexibility index (Phi) is 6.41. The van der Waals surface area contributed by atoms with Crippen LogP contribution in [0.1, 0.15) is 18.1 Å².